The van der Waals surface area contributed by atoms with Gasteiger partial charge in [-0.25, -0.2) is 4.98 Å². The molecule has 2 fully saturated rings. The van der Waals surface area contributed by atoms with E-state index < -0.39 is 5.60 Å². The van der Waals surface area contributed by atoms with E-state index in [1.54, 1.807) is 32.6 Å². The summed E-state index contributed by atoms with van der Waals surface area (Å²) in [5, 5.41) is 13.4. The number of hydrogen-bond donors (Lipinski definition) is 3. The molecule has 1 atom stereocenters. The first-order chi connectivity index (χ1) is 24.0. The second-order valence-corrected chi connectivity index (χ2v) is 11.5. The fourth-order valence-electron chi connectivity index (χ4n) is 4.25. The van der Waals surface area contributed by atoms with Gasteiger partial charge in [0.25, 0.3) is 0 Å². The smallest absolute Gasteiger partial charge is 0.230 e. The summed E-state index contributed by atoms with van der Waals surface area (Å²) in [6, 6.07) is 6.24. The second kappa shape index (κ2) is 21.8. The van der Waals surface area contributed by atoms with Crippen LogP contribution in [0.3, 0.4) is 0 Å². The molecule has 1 unspecified atom stereocenters. The predicted molar refractivity (Wildman–Crippen MR) is 217 cm³/mol. The molecule has 0 spiro atoms. The first-order valence-electron chi connectivity index (χ1n) is 15.1. The number of anilines is 1. The van der Waals surface area contributed by atoms with Crippen LogP contribution in [0.25, 0.3) is 21.5 Å². The normalized spacial score (nSPS) is 13.1. The summed E-state index contributed by atoms with van der Waals surface area (Å²) in [5.41, 5.74) is 14.2. The summed E-state index contributed by atoms with van der Waals surface area (Å²) in [5.74, 6) is 46.4. The molecule has 2 aliphatic rings. The number of amides is 1. The number of carbonyl (C=O) groups is 1. The molecule has 2 saturated carbocycles. The Bertz CT molecular complexity index is 2140. The van der Waals surface area contributed by atoms with Gasteiger partial charge < -0.3 is 9.67 Å². The predicted octanol–water partition coefficient (Wildman–Crippen LogP) is 8.43. The van der Waals surface area contributed by atoms with E-state index in [9.17, 15) is 9.90 Å². The van der Waals surface area contributed by atoms with E-state index in [0.717, 1.165) is 35.9 Å². The summed E-state index contributed by atoms with van der Waals surface area (Å²) in [4.78, 5) is 33.0. The van der Waals surface area contributed by atoms with E-state index in [1.165, 1.54) is 6.42 Å². The van der Waals surface area contributed by atoms with Gasteiger partial charge in [-0.05, 0) is 182 Å². The van der Waals surface area contributed by atoms with Crippen molar-refractivity contribution in [2.24, 2.45) is 11.3 Å². The van der Waals surface area contributed by atoms with Gasteiger partial charge in [0, 0.05) is 36.2 Å². The quantitative estimate of drug-likeness (QED) is 0.127. The highest BCUT2D eigenvalue weighted by Crippen LogP contribution is 2.52. The maximum atomic E-state index is 12.6. The van der Waals surface area contributed by atoms with Crippen molar-refractivity contribution in [3.63, 3.8) is 0 Å². The Morgan fingerprint density at radius 1 is 0.920 bits per heavy atom. The third-order valence-electron chi connectivity index (χ3n) is 7.09. The van der Waals surface area contributed by atoms with Gasteiger partial charge in [-0.15, -0.1) is 5.53 Å². The number of imidazole rings is 1. The van der Waals surface area contributed by atoms with Gasteiger partial charge in [0.2, 0.25) is 11.9 Å². The van der Waals surface area contributed by atoms with Gasteiger partial charge in [-0.1, -0.05) is 31.8 Å². The van der Waals surface area contributed by atoms with Gasteiger partial charge >= 0.3 is 0 Å². The number of nitrogens with zero attached hydrogens (tertiary/aromatic N) is 4. The average molecular weight is 683 g/mol. The van der Waals surface area contributed by atoms with E-state index in [0.29, 0.717) is 12.0 Å². The van der Waals surface area contributed by atoms with Crippen LogP contribution in [-0.2, 0) is 10.4 Å². The third-order valence-corrected chi connectivity index (χ3v) is 7.09. The van der Waals surface area contributed by atoms with Crippen molar-refractivity contribution in [1.82, 2.24) is 9.55 Å². The summed E-state index contributed by atoms with van der Waals surface area (Å²) in [6.07, 6.45) is 4.36. The Labute approximate surface area is 308 Å². The molecule has 2 aliphatic carbocycles. The van der Waals surface area contributed by atoms with Crippen molar-refractivity contribution in [3.05, 3.63) is 44.1 Å². The topological polar surface area (TPSA) is 162 Å². The minimum absolute atomic E-state index is 0. The number of carbonyl (C=O) groups excluding carboxylic acids is 1. The molecule has 0 bridgehead atoms. The molecule has 1 heterocycles. The van der Waals surface area contributed by atoms with Crippen molar-refractivity contribution in [3.8, 4) is 107 Å². The van der Waals surface area contributed by atoms with Crippen molar-refractivity contribution < 1.29 is 24.2 Å². The van der Waals surface area contributed by atoms with Crippen LogP contribution in [0, 0.1) is 133 Å². The molecule has 10 nitrogen and oxygen atoms in total. The maximum absolute atomic E-state index is 12.6. The molecule has 4 rings (SSSR count). The van der Waals surface area contributed by atoms with Crippen LogP contribution >= 0.6 is 0 Å². The van der Waals surface area contributed by atoms with E-state index in [2.05, 4.69) is 135 Å². The highest BCUT2D eigenvalue weighted by molar-refractivity contribution is 5.95. The van der Waals surface area contributed by atoms with Crippen molar-refractivity contribution >= 4 is 22.9 Å². The summed E-state index contributed by atoms with van der Waals surface area (Å²) < 4.78 is 2.17. The lowest BCUT2D eigenvalue weighted by atomic mass is 9.92. The molecule has 50 heavy (non-hydrogen) atoms. The number of fused-ring (bicyclic) bond motifs is 1. The van der Waals surface area contributed by atoms with Gasteiger partial charge in [-0.3, -0.25) is 10.1 Å². The highest BCUT2D eigenvalue weighted by Gasteiger charge is 2.50. The Morgan fingerprint density at radius 3 is 1.64 bits per heavy atom. The standard InChI is InChI=1S/C20H27N3O2.C20H6.HN3.O2.10H2/c1-19(2)11-14(19)17(24)22-18-21-15-9-8-12(20(3,4)25)10-16(15)23(18)13-6-5-7-13;1-3-5-7-9-11-13-15-17-19-20-18-16-14-12-10-8-6-4-2;1-3-2;1-2;;;;;;;;;;/h8-10,13-14,25H,5-7,11H2,1-4H3,(H,21,22,24);1-2H3;1H;;10*1H. The zero-order valence-electron chi connectivity index (χ0n) is 28.7. The van der Waals surface area contributed by atoms with Crippen molar-refractivity contribution in [1.29, 1.82) is 5.53 Å². The van der Waals surface area contributed by atoms with Crippen LogP contribution in [0.15, 0.2) is 18.2 Å². The van der Waals surface area contributed by atoms with Crippen molar-refractivity contribution in [2.45, 2.75) is 78.9 Å². The van der Waals surface area contributed by atoms with Crippen LogP contribution < -0.4 is 5.32 Å². The molecule has 1 amide bonds. The number of aliphatic hydroxyl groups is 1. The third kappa shape index (κ3) is 14.2. The molecule has 1 aromatic heterocycles. The lowest BCUT2D eigenvalue weighted by Gasteiger charge is -2.29. The largest absolute Gasteiger partial charge is 0.386 e. The molecule has 2 aromatic rings. The SMILES string of the molecule is CC#CC#CC#CC#CC#CC#CC#CC#CC#CC.CC(C)(O)c1ccc2nc(NC(=O)C3CC3(C)C)n(C3CCC3)c2c1.O=O.[HH].[HH].[HH].[HH].[HH].[HH].[HH].[HH].[HH].[HH].[N-]=[N+]=N. The lowest BCUT2D eigenvalue weighted by molar-refractivity contribution is -0.118. The fourth-order valence-corrected chi connectivity index (χ4v) is 4.25. The van der Waals surface area contributed by atoms with E-state index in [4.69, 9.17) is 21.0 Å². The summed E-state index contributed by atoms with van der Waals surface area (Å²) in [6.45, 7) is 11.2. The minimum atomic E-state index is -0.898. The molecule has 268 valence electrons. The summed E-state index contributed by atoms with van der Waals surface area (Å²) >= 11 is 0. The Hall–Kier alpha value is -6.93. The van der Waals surface area contributed by atoms with Gasteiger partial charge in [0.1, 0.15) is 0 Å². The first-order valence-corrected chi connectivity index (χ1v) is 15.1. The lowest BCUT2D eigenvalue weighted by Crippen LogP contribution is -2.24. The Balaban J connectivity index is -0.0000000830. The highest BCUT2D eigenvalue weighted by atomic mass is 16.7. The molecule has 10 heteroatoms. The number of nitrogens with one attached hydrogen (secondary N) is 2. The molecule has 3 N–H and O–H groups in total. The second-order valence-electron chi connectivity index (χ2n) is 11.5. The van der Waals surface area contributed by atoms with Gasteiger partial charge in [0.15, 0.2) is 0 Å². The number of aromatic nitrogens is 2. The summed E-state index contributed by atoms with van der Waals surface area (Å²) in [7, 11) is 0. The van der Waals surface area contributed by atoms with E-state index in [-0.39, 0.29) is 31.5 Å². The number of benzene rings is 1. The molecule has 1 aromatic carbocycles. The fraction of sp³-hybridized carbons (Fsp3) is 0.350. The van der Waals surface area contributed by atoms with E-state index in [1.807, 2.05) is 18.2 Å². The van der Waals surface area contributed by atoms with Crippen LogP contribution in [-0.4, -0.2) is 20.6 Å². The Kier molecular flexibility index (Phi) is 17.9. The van der Waals surface area contributed by atoms with Crippen LogP contribution in [0.4, 0.5) is 5.95 Å². The Morgan fingerprint density at radius 2 is 1.32 bits per heavy atom. The minimum Gasteiger partial charge on any atom is -0.386 e. The molecule has 0 aliphatic heterocycles. The number of hydrogen-bond acceptors (Lipinski definition) is 6. The maximum Gasteiger partial charge on any atom is 0.230 e. The molecular weight excluding hydrogens is 628 g/mol. The first kappa shape index (κ1) is 41.1. The molecular formula is C40H54N6O4. The van der Waals surface area contributed by atoms with Crippen LogP contribution in [0.5, 0.6) is 0 Å². The van der Waals surface area contributed by atoms with Crippen LogP contribution in [0.1, 0.15) is 93.1 Å². The molecule has 0 radical (unpaired) electrons. The molecule has 0 saturated heterocycles. The van der Waals surface area contributed by atoms with E-state index >= 15 is 0 Å². The zero-order chi connectivity index (χ0) is 37.4. The van der Waals surface area contributed by atoms with Gasteiger partial charge in [0.05, 0.1) is 16.6 Å². The van der Waals surface area contributed by atoms with Gasteiger partial charge in [-0.2, -0.15) is 0 Å². The van der Waals surface area contributed by atoms with Crippen molar-refractivity contribution in [2.75, 3.05) is 5.32 Å². The number of rotatable bonds is 4. The van der Waals surface area contributed by atoms with Crippen LogP contribution in [0.2, 0.25) is 0 Å². The monoisotopic (exact) mass is 682 g/mol. The average Bonchev–Trinajstić information content (AvgIpc) is 3.58. The zero-order valence-corrected chi connectivity index (χ0v) is 28.7.